The lowest BCUT2D eigenvalue weighted by Crippen LogP contribution is -2.29. The van der Waals surface area contributed by atoms with Crippen molar-refractivity contribution in [1.82, 2.24) is 10.2 Å². The zero-order valence-electron chi connectivity index (χ0n) is 24.4. The number of amides is 1. The molecule has 226 valence electrons. The number of thioether (sulfide) groups is 1. The molecule has 0 saturated carbocycles. The number of hydrogen-bond acceptors (Lipinski definition) is 8. The number of aromatic nitrogens is 2. The largest absolute Gasteiger partial charge is 0.507 e. The molecule has 1 aliphatic heterocycles. The first kappa shape index (κ1) is 30.6. The summed E-state index contributed by atoms with van der Waals surface area (Å²) in [6.07, 6.45) is 0. The van der Waals surface area contributed by atoms with Crippen LogP contribution in [0.1, 0.15) is 39.4 Å². The first-order valence-corrected chi connectivity index (χ1v) is 16.3. The van der Waals surface area contributed by atoms with E-state index in [9.17, 15) is 14.7 Å². The summed E-state index contributed by atoms with van der Waals surface area (Å²) in [4.78, 5) is 28.5. The van der Waals surface area contributed by atoms with Crippen molar-refractivity contribution >= 4 is 57.3 Å². The van der Waals surface area contributed by atoms with Crippen LogP contribution in [0.2, 0.25) is 5.02 Å². The molecule has 1 aliphatic rings. The van der Waals surface area contributed by atoms with Gasteiger partial charge in [-0.2, -0.15) is 0 Å². The van der Waals surface area contributed by atoms with Gasteiger partial charge in [0.15, 0.2) is 4.34 Å². The van der Waals surface area contributed by atoms with Gasteiger partial charge in [-0.25, -0.2) is 0 Å². The molecule has 1 unspecified atom stereocenters. The van der Waals surface area contributed by atoms with Gasteiger partial charge in [0.05, 0.1) is 11.6 Å². The number of aryl methyl sites for hydroxylation is 2. The highest BCUT2D eigenvalue weighted by atomic mass is 35.5. The van der Waals surface area contributed by atoms with Crippen LogP contribution >= 0.6 is 34.7 Å². The molecule has 1 saturated heterocycles. The lowest BCUT2D eigenvalue weighted by atomic mass is 9.95. The number of halogens is 1. The zero-order valence-corrected chi connectivity index (χ0v) is 26.8. The minimum absolute atomic E-state index is 0.0160. The lowest BCUT2D eigenvalue weighted by molar-refractivity contribution is -0.132. The second kappa shape index (κ2) is 13.3. The zero-order chi connectivity index (χ0) is 31.5. The molecule has 5 aromatic rings. The number of nitrogens with zero attached hydrogens (tertiary/aromatic N) is 3. The van der Waals surface area contributed by atoms with Crippen LogP contribution in [0.25, 0.3) is 5.76 Å². The molecule has 1 atom stereocenters. The van der Waals surface area contributed by atoms with Crippen LogP contribution in [0.3, 0.4) is 0 Å². The number of ether oxygens (including phenoxy) is 1. The van der Waals surface area contributed by atoms with Gasteiger partial charge in [0, 0.05) is 16.3 Å². The predicted molar refractivity (Wildman–Crippen MR) is 179 cm³/mol. The molecule has 45 heavy (non-hydrogen) atoms. The Bertz CT molecular complexity index is 1910. The first-order valence-electron chi connectivity index (χ1n) is 14.1. The summed E-state index contributed by atoms with van der Waals surface area (Å²) in [5.74, 6) is -0.666. The fourth-order valence-corrected chi connectivity index (χ4v) is 7.19. The average molecular weight is 654 g/mol. The van der Waals surface area contributed by atoms with Gasteiger partial charge >= 0.3 is 5.91 Å². The van der Waals surface area contributed by atoms with Crippen LogP contribution in [-0.2, 0) is 21.9 Å². The van der Waals surface area contributed by atoms with E-state index in [0.717, 1.165) is 22.3 Å². The molecule has 1 amide bonds. The SMILES string of the molecule is Cc1ccc(C2/C(=C(\O)c3ccc(OCc4cccc(C)c4)cc3)C(=O)C(=O)N2c2nnc(SCc3ccccc3Cl)s2)cc1. The summed E-state index contributed by atoms with van der Waals surface area (Å²) in [7, 11) is 0. The summed E-state index contributed by atoms with van der Waals surface area (Å²) in [5, 5.41) is 21.0. The normalized spacial score (nSPS) is 15.9. The van der Waals surface area contributed by atoms with Crippen molar-refractivity contribution in [2.75, 3.05) is 4.90 Å². The smallest absolute Gasteiger partial charge is 0.301 e. The molecule has 1 N–H and O–H groups in total. The van der Waals surface area contributed by atoms with Crippen LogP contribution in [0.4, 0.5) is 5.13 Å². The van der Waals surface area contributed by atoms with Gasteiger partial charge in [-0.05, 0) is 60.9 Å². The van der Waals surface area contributed by atoms with Gasteiger partial charge in [0.1, 0.15) is 18.1 Å². The molecular formula is C35H28ClN3O4S2. The van der Waals surface area contributed by atoms with E-state index >= 15 is 0 Å². The number of ketones is 1. The molecule has 2 heterocycles. The number of aliphatic hydroxyl groups excluding tert-OH is 1. The maximum absolute atomic E-state index is 13.6. The minimum Gasteiger partial charge on any atom is -0.507 e. The van der Waals surface area contributed by atoms with Crippen LogP contribution in [0.5, 0.6) is 5.75 Å². The monoisotopic (exact) mass is 653 g/mol. The van der Waals surface area contributed by atoms with E-state index in [4.69, 9.17) is 16.3 Å². The third-order valence-electron chi connectivity index (χ3n) is 7.36. The van der Waals surface area contributed by atoms with E-state index < -0.39 is 17.7 Å². The van der Waals surface area contributed by atoms with Crippen LogP contribution < -0.4 is 9.64 Å². The maximum Gasteiger partial charge on any atom is 0.301 e. The number of rotatable bonds is 9. The van der Waals surface area contributed by atoms with E-state index in [1.807, 2.05) is 80.6 Å². The second-order valence-corrected chi connectivity index (χ2v) is 13.2. The third kappa shape index (κ3) is 6.66. The van der Waals surface area contributed by atoms with Crippen molar-refractivity contribution in [2.24, 2.45) is 0 Å². The van der Waals surface area contributed by atoms with E-state index in [1.54, 1.807) is 24.3 Å². The van der Waals surface area contributed by atoms with Crippen molar-refractivity contribution in [3.05, 3.63) is 141 Å². The number of anilines is 1. The number of carbonyl (C=O) groups excluding carboxylic acids is 2. The molecule has 0 bridgehead atoms. The Hall–Kier alpha value is -4.44. The number of aliphatic hydroxyl groups is 1. The second-order valence-electron chi connectivity index (χ2n) is 10.6. The first-order chi connectivity index (χ1) is 21.8. The summed E-state index contributed by atoms with van der Waals surface area (Å²) in [5.41, 5.74) is 5.21. The maximum atomic E-state index is 13.6. The molecular weight excluding hydrogens is 626 g/mol. The van der Waals surface area contributed by atoms with Crippen molar-refractivity contribution in [1.29, 1.82) is 0 Å². The Morgan fingerprint density at radius 3 is 2.42 bits per heavy atom. The minimum atomic E-state index is -0.891. The average Bonchev–Trinajstić information content (AvgIpc) is 3.61. The van der Waals surface area contributed by atoms with Gasteiger partial charge in [0.25, 0.3) is 5.78 Å². The molecule has 6 rings (SSSR count). The Morgan fingerprint density at radius 2 is 1.69 bits per heavy atom. The Morgan fingerprint density at radius 1 is 0.933 bits per heavy atom. The fraction of sp³-hybridized carbons (Fsp3) is 0.143. The van der Waals surface area contributed by atoms with Gasteiger partial charge in [0.2, 0.25) is 5.13 Å². The molecule has 1 aromatic heterocycles. The lowest BCUT2D eigenvalue weighted by Gasteiger charge is -2.22. The Balaban J connectivity index is 1.30. The van der Waals surface area contributed by atoms with E-state index in [0.29, 0.717) is 38.6 Å². The summed E-state index contributed by atoms with van der Waals surface area (Å²) in [6, 6.07) is 29.1. The molecule has 10 heteroatoms. The van der Waals surface area contributed by atoms with Crippen molar-refractivity contribution in [3.8, 4) is 5.75 Å². The highest BCUT2D eigenvalue weighted by Crippen LogP contribution is 2.44. The quantitative estimate of drug-likeness (QED) is 0.0562. The van der Waals surface area contributed by atoms with Crippen molar-refractivity contribution in [2.45, 2.75) is 36.6 Å². The summed E-state index contributed by atoms with van der Waals surface area (Å²) in [6.45, 7) is 4.38. The van der Waals surface area contributed by atoms with Crippen molar-refractivity contribution < 1.29 is 19.4 Å². The Labute approximate surface area is 274 Å². The highest BCUT2D eigenvalue weighted by molar-refractivity contribution is 8.00. The highest BCUT2D eigenvalue weighted by Gasteiger charge is 2.48. The molecule has 1 fully saturated rings. The molecule has 7 nitrogen and oxygen atoms in total. The Kier molecular flexibility index (Phi) is 9.02. The fourth-order valence-electron chi connectivity index (χ4n) is 5.04. The molecule has 0 spiro atoms. The van der Waals surface area contributed by atoms with Crippen LogP contribution in [0, 0.1) is 13.8 Å². The van der Waals surface area contributed by atoms with Crippen molar-refractivity contribution in [3.63, 3.8) is 0 Å². The van der Waals surface area contributed by atoms with E-state index in [1.165, 1.54) is 28.0 Å². The molecule has 4 aromatic carbocycles. The van der Waals surface area contributed by atoms with Gasteiger partial charge < -0.3 is 9.84 Å². The number of Topliss-reactive ketones (excluding diaryl/α,β-unsaturated/α-hetero) is 1. The summed E-state index contributed by atoms with van der Waals surface area (Å²) >= 11 is 8.96. The third-order valence-corrected chi connectivity index (χ3v) is 9.84. The van der Waals surface area contributed by atoms with E-state index in [-0.39, 0.29) is 16.5 Å². The number of carbonyl (C=O) groups is 2. The van der Waals surface area contributed by atoms with Gasteiger partial charge in [-0.1, -0.05) is 113 Å². The van der Waals surface area contributed by atoms with Gasteiger partial charge in [-0.15, -0.1) is 10.2 Å². The predicted octanol–water partition coefficient (Wildman–Crippen LogP) is 8.31. The standard InChI is InChI=1S/C35H28ClN3O4S2/c1-21-10-12-24(13-11-21)30-29(31(40)25-14-16-27(17-15-25)43-19-23-7-5-6-22(2)18-23)32(41)33(42)39(30)34-37-38-35(45-34)44-20-26-8-3-4-9-28(26)36/h3-18,30,40H,19-20H2,1-2H3/b31-29+. The topological polar surface area (TPSA) is 92.6 Å². The van der Waals surface area contributed by atoms with E-state index in [2.05, 4.69) is 16.3 Å². The van der Waals surface area contributed by atoms with Crippen LogP contribution in [-0.4, -0.2) is 27.0 Å². The molecule has 0 aliphatic carbocycles. The number of benzene rings is 4. The van der Waals surface area contributed by atoms with Crippen LogP contribution in [0.15, 0.2) is 107 Å². The summed E-state index contributed by atoms with van der Waals surface area (Å²) < 4.78 is 6.55. The molecule has 0 radical (unpaired) electrons. The number of hydrogen-bond donors (Lipinski definition) is 1. The van der Waals surface area contributed by atoms with Gasteiger partial charge in [-0.3, -0.25) is 14.5 Å².